The number of carbonyl (C=O) groups excluding carboxylic acids is 1. The molecular formula is C5H8N2O. The lowest BCUT2D eigenvalue weighted by atomic mass is 10.3. The molecule has 0 aromatic rings. The van der Waals surface area contributed by atoms with Gasteiger partial charge in [0.2, 0.25) is 5.91 Å². The molecule has 0 unspecified atom stereocenters. The van der Waals surface area contributed by atoms with Gasteiger partial charge in [-0.25, -0.2) is 0 Å². The summed E-state index contributed by atoms with van der Waals surface area (Å²) < 4.78 is 0. The molecule has 0 aliphatic carbocycles. The Labute approximate surface area is 48.3 Å². The fourth-order valence-electron chi connectivity index (χ4n) is 0.294. The number of rotatable bonds is 2. The number of hydrogen-bond acceptors (Lipinski definition) is 2. The van der Waals surface area contributed by atoms with Crippen molar-refractivity contribution in [2.24, 2.45) is 0 Å². The van der Waals surface area contributed by atoms with Crippen LogP contribution < -0.4 is 5.32 Å². The summed E-state index contributed by atoms with van der Waals surface area (Å²) in [4.78, 5) is 10.3. The molecule has 3 nitrogen and oxygen atoms in total. The number of nitriles is 1. The summed E-state index contributed by atoms with van der Waals surface area (Å²) in [6.07, 6.45) is 0.618. The van der Waals surface area contributed by atoms with Crippen molar-refractivity contribution in [3.63, 3.8) is 0 Å². The van der Waals surface area contributed by atoms with E-state index in [4.69, 9.17) is 5.26 Å². The Morgan fingerprint density at radius 3 is 2.88 bits per heavy atom. The third-order valence-electron chi connectivity index (χ3n) is 0.743. The second-order valence-corrected chi connectivity index (χ2v) is 1.33. The maximum Gasteiger partial charge on any atom is 0.220 e. The molecule has 0 spiro atoms. The van der Waals surface area contributed by atoms with E-state index in [9.17, 15) is 4.79 Å². The molecule has 3 heteroatoms. The molecule has 0 aromatic carbocycles. The topological polar surface area (TPSA) is 52.9 Å². The number of carbonyl (C=O) groups is 1. The molecule has 0 saturated heterocycles. The minimum Gasteiger partial charge on any atom is -0.359 e. The van der Waals surface area contributed by atoms with Crippen LogP contribution in [0.25, 0.3) is 0 Å². The van der Waals surface area contributed by atoms with Gasteiger partial charge in [-0.15, -0.1) is 0 Å². The summed E-state index contributed by atoms with van der Waals surface area (Å²) in [7, 11) is 1.56. The lowest BCUT2D eigenvalue weighted by Crippen LogP contribution is -2.16. The molecule has 0 radical (unpaired) electrons. The zero-order valence-corrected chi connectivity index (χ0v) is 4.77. The lowest BCUT2D eigenvalue weighted by molar-refractivity contribution is -0.120. The summed E-state index contributed by atoms with van der Waals surface area (Å²) >= 11 is 0. The van der Waals surface area contributed by atoms with Crippen LogP contribution in [0.15, 0.2) is 0 Å². The van der Waals surface area contributed by atoms with Crippen LogP contribution in [-0.4, -0.2) is 13.0 Å². The molecule has 1 N–H and O–H groups in total. The first-order valence-corrected chi connectivity index (χ1v) is 2.38. The van der Waals surface area contributed by atoms with Gasteiger partial charge >= 0.3 is 0 Å². The van der Waals surface area contributed by atoms with Crippen LogP contribution in [0, 0.1) is 11.3 Å². The van der Waals surface area contributed by atoms with Crippen molar-refractivity contribution in [1.82, 2.24) is 5.32 Å². The Kier molecular flexibility index (Phi) is 3.59. The molecule has 0 aliphatic rings. The normalized spacial score (nSPS) is 7.50. The van der Waals surface area contributed by atoms with Crippen molar-refractivity contribution in [2.45, 2.75) is 12.8 Å². The standard InChI is InChI=1S/C5H8N2O/c1-7-5(8)3-2-4-6/h2-3H2,1H3,(H,7,8). The average molecular weight is 112 g/mol. The molecule has 0 bridgehead atoms. The van der Waals surface area contributed by atoms with E-state index < -0.39 is 0 Å². The van der Waals surface area contributed by atoms with Gasteiger partial charge in [-0.3, -0.25) is 4.79 Å². The van der Waals surface area contributed by atoms with E-state index in [2.05, 4.69) is 5.32 Å². The van der Waals surface area contributed by atoms with Crippen LogP contribution in [-0.2, 0) is 4.79 Å². The highest BCUT2D eigenvalue weighted by atomic mass is 16.1. The van der Waals surface area contributed by atoms with Gasteiger partial charge in [-0.2, -0.15) is 5.26 Å². The molecule has 0 atom stereocenters. The number of amides is 1. The Morgan fingerprint density at radius 2 is 2.50 bits per heavy atom. The molecule has 0 heterocycles. The van der Waals surface area contributed by atoms with Gasteiger partial charge in [0.25, 0.3) is 0 Å². The van der Waals surface area contributed by atoms with Crippen LogP contribution in [0.5, 0.6) is 0 Å². The van der Waals surface area contributed by atoms with Crippen molar-refractivity contribution in [2.75, 3.05) is 7.05 Å². The van der Waals surface area contributed by atoms with Gasteiger partial charge in [0.05, 0.1) is 6.07 Å². The van der Waals surface area contributed by atoms with E-state index in [1.807, 2.05) is 6.07 Å². The average Bonchev–Trinajstić information content (AvgIpc) is 1.83. The third-order valence-corrected chi connectivity index (χ3v) is 0.743. The van der Waals surface area contributed by atoms with Crippen molar-refractivity contribution < 1.29 is 4.79 Å². The highest BCUT2D eigenvalue weighted by Crippen LogP contribution is 1.82. The minimum absolute atomic E-state index is 0.0773. The number of nitrogens with one attached hydrogen (secondary N) is 1. The van der Waals surface area contributed by atoms with E-state index in [1.54, 1.807) is 7.05 Å². The lowest BCUT2D eigenvalue weighted by Gasteiger charge is -1.90. The second-order valence-electron chi connectivity index (χ2n) is 1.33. The van der Waals surface area contributed by atoms with E-state index in [-0.39, 0.29) is 5.91 Å². The maximum absolute atomic E-state index is 10.3. The van der Waals surface area contributed by atoms with E-state index >= 15 is 0 Å². The first-order chi connectivity index (χ1) is 3.81. The van der Waals surface area contributed by atoms with Crippen LogP contribution in [0.2, 0.25) is 0 Å². The molecule has 0 aromatic heterocycles. The van der Waals surface area contributed by atoms with Crippen LogP contribution >= 0.6 is 0 Å². The summed E-state index contributed by atoms with van der Waals surface area (Å²) in [6, 6.07) is 1.87. The van der Waals surface area contributed by atoms with Gasteiger partial charge in [-0.05, 0) is 0 Å². The van der Waals surface area contributed by atoms with E-state index in [0.29, 0.717) is 12.8 Å². The monoisotopic (exact) mass is 112 g/mol. The van der Waals surface area contributed by atoms with Crippen molar-refractivity contribution in [1.29, 1.82) is 5.26 Å². The molecule has 44 valence electrons. The summed E-state index contributed by atoms with van der Waals surface area (Å²) in [5.74, 6) is -0.0773. The van der Waals surface area contributed by atoms with Crippen molar-refractivity contribution in [3.8, 4) is 6.07 Å². The van der Waals surface area contributed by atoms with Crippen molar-refractivity contribution >= 4 is 5.91 Å². The second kappa shape index (κ2) is 4.13. The molecule has 0 rings (SSSR count). The quantitative estimate of drug-likeness (QED) is 0.548. The van der Waals surface area contributed by atoms with Crippen LogP contribution in [0.3, 0.4) is 0 Å². The molecule has 1 amide bonds. The summed E-state index contributed by atoms with van der Waals surface area (Å²) in [5, 5.41) is 10.4. The maximum atomic E-state index is 10.3. The number of hydrogen-bond donors (Lipinski definition) is 1. The summed E-state index contributed by atoms with van der Waals surface area (Å²) in [5.41, 5.74) is 0. The van der Waals surface area contributed by atoms with Crippen molar-refractivity contribution in [3.05, 3.63) is 0 Å². The highest BCUT2D eigenvalue weighted by Gasteiger charge is 1.92. The largest absolute Gasteiger partial charge is 0.359 e. The smallest absolute Gasteiger partial charge is 0.220 e. The van der Waals surface area contributed by atoms with Crippen LogP contribution in [0.1, 0.15) is 12.8 Å². The van der Waals surface area contributed by atoms with Gasteiger partial charge in [0, 0.05) is 19.9 Å². The molecule has 0 aliphatic heterocycles. The SMILES string of the molecule is CNC(=O)CCC#N. The first kappa shape index (κ1) is 6.96. The van der Waals surface area contributed by atoms with E-state index in [0.717, 1.165) is 0 Å². The van der Waals surface area contributed by atoms with Gasteiger partial charge in [-0.1, -0.05) is 0 Å². The molecule has 0 saturated carbocycles. The molecule has 8 heavy (non-hydrogen) atoms. The fourth-order valence-corrected chi connectivity index (χ4v) is 0.294. The zero-order chi connectivity index (χ0) is 6.41. The third kappa shape index (κ3) is 3.16. The van der Waals surface area contributed by atoms with E-state index in [1.165, 1.54) is 0 Å². The molecular weight excluding hydrogens is 104 g/mol. The first-order valence-electron chi connectivity index (χ1n) is 2.38. The Hall–Kier alpha value is -1.04. The highest BCUT2D eigenvalue weighted by molar-refractivity contribution is 5.75. The predicted molar refractivity (Wildman–Crippen MR) is 28.9 cm³/mol. The Bertz CT molecular complexity index is 114. The summed E-state index contributed by atoms with van der Waals surface area (Å²) in [6.45, 7) is 0. The number of nitrogens with zero attached hydrogens (tertiary/aromatic N) is 1. The van der Waals surface area contributed by atoms with Gasteiger partial charge in [0.1, 0.15) is 0 Å². The zero-order valence-electron chi connectivity index (χ0n) is 4.77. The van der Waals surface area contributed by atoms with Crippen LogP contribution in [0.4, 0.5) is 0 Å². The Morgan fingerprint density at radius 1 is 1.88 bits per heavy atom. The Balaban J connectivity index is 3.15. The van der Waals surface area contributed by atoms with Gasteiger partial charge < -0.3 is 5.32 Å². The molecule has 0 fully saturated rings. The predicted octanol–water partition coefficient (Wildman–Crippen LogP) is 0.0362. The van der Waals surface area contributed by atoms with Gasteiger partial charge in [0.15, 0.2) is 0 Å². The minimum atomic E-state index is -0.0773. The fraction of sp³-hybridized carbons (Fsp3) is 0.600.